The molecule has 12 heavy (non-hydrogen) atoms. The van der Waals surface area contributed by atoms with Crippen LogP contribution in [-0.4, -0.2) is 13.0 Å². The number of carbonyl (C=O) groups excluding carboxylic acids is 1. The van der Waals surface area contributed by atoms with Crippen LogP contribution in [0.15, 0.2) is 18.2 Å². The smallest absolute Gasteiger partial charge is 0.252 e. The number of rotatable bonds is 1. The van der Waals surface area contributed by atoms with Gasteiger partial charge in [0.05, 0.1) is 10.6 Å². The molecule has 0 heterocycles. The van der Waals surface area contributed by atoms with E-state index in [0.29, 0.717) is 10.6 Å². The van der Waals surface area contributed by atoms with Crippen molar-refractivity contribution in [2.75, 3.05) is 7.05 Å². The molecule has 1 N–H and O–H groups in total. The first kappa shape index (κ1) is 9.07. The summed E-state index contributed by atoms with van der Waals surface area (Å²) in [6.07, 6.45) is 0. The number of halogens is 1. The van der Waals surface area contributed by atoms with Crippen LogP contribution in [0, 0.1) is 6.92 Å². The maximum absolute atomic E-state index is 11.2. The molecule has 3 heteroatoms. The summed E-state index contributed by atoms with van der Waals surface area (Å²) < 4.78 is 0. The first-order valence-corrected chi connectivity index (χ1v) is 4.01. The first-order valence-electron chi connectivity index (χ1n) is 3.63. The summed E-state index contributed by atoms with van der Waals surface area (Å²) >= 11 is 5.84. The Kier molecular flexibility index (Phi) is 2.71. The van der Waals surface area contributed by atoms with Crippen LogP contribution >= 0.6 is 11.6 Å². The molecule has 1 aromatic rings. The van der Waals surface area contributed by atoms with Gasteiger partial charge in [-0.3, -0.25) is 4.79 Å². The van der Waals surface area contributed by atoms with Gasteiger partial charge >= 0.3 is 0 Å². The van der Waals surface area contributed by atoms with Gasteiger partial charge in [-0.2, -0.15) is 0 Å². The lowest BCUT2D eigenvalue weighted by Crippen LogP contribution is -2.18. The molecule has 1 rings (SSSR count). The van der Waals surface area contributed by atoms with Gasteiger partial charge in [-0.25, -0.2) is 0 Å². The van der Waals surface area contributed by atoms with E-state index >= 15 is 0 Å². The van der Waals surface area contributed by atoms with E-state index in [4.69, 9.17) is 11.6 Å². The second kappa shape index (κ2) is 3.59. The summed E-state index contributed by atoms with van der Waals surface area (Å²) in [6.45, 7) is 1.93. The van der Waals surface area contributed by atoms with Crippen molar-refractivity contribution in [3.63, 3.8) is 0 Å². The largest absolute Gasteiger partial charge is 0.355 e. The molecular formula is C9H10ClNO. The summed E-state index contributed by atoms with van der Waals surface area (Å²) in [4.78, 5) is 11.2. The molecule has 0 fully saturated rings. The van der Waals surface area contributed by atoms with E-state index < -0.39 is 0 Å². The van der Waals surface area contributed by atoms with Crippen LogP contribution in [0.1, 0.15) is 15.9 Å². The third-order valence-corrected chi connectivity index (χ3v) is 1.91. The van der Waals surface area contributed by atoms with Gasteiger partial charge in [-0.1, -0.05) is 17.7 Å². The van der Waals surface area contributed by atoms with Crippen LogP contribution in [0.3, 0.4) is 0 Å². The van der Waals surface area contributed by atoms with Crippen molar-refractivity contribution in [1.29, 1.82) is 0 Å². The molecule has 0 bridgehead atoms. The van der Waals surface area contributed by atoms with Gasteiger partial charge in [0.2, 0.25) is 0 Å². The Balaban J connectivity index is 3.09. The van der Waals surface area contributed by atoms with Crippen LogP contribution in [0.25, 0.3) is 0 Å². The minimum Gasteiger partial charge on any atom is -0.355 e. The molecule has 0 spiro atoms. The van der Waals surface area contributed by atoms with Gasteiger partial charge in [0.25, 0.3) is 5.91 Å². The molecule has 0 aliphatic carbocycles. The molecule has 64 valence electrons. The van der Waals surface area contributed by atoms with Crippen molar-refractivity contribution in [3.8, 4) is 0 Å². The molecule has 0 saturated carbocycles. The second-order valence-electron chi connectivity index (χ2n) is 2.56. The fraction of sp³-hybridized carbons (Fsp3) is 0.222. The summed E-state index contributed by atoms with van der Waals surface area (Å²) in [5.74, 6) is -0.153. The first-order chi connectivity index (χ1) is 5.65. The Morgan fingerprint density at radius 3 is 2.67 bits per heavy atom. The third-order valence-electron chi connectivity index (χ3n) is 1.60. The van der Waals surface area contributed by atoms with Crippen LogP contribution in [-0.2, 0) is 0 Å². The van der Waals surface area contributed by atoms with Crippen molar-refractivity contribution in [2.24, 2.45) is 0 Å². The lowest BCUT2D eigenvalue weighted by Gasteiger charge is -2.02. The van der Waals surface area contributed by atoms with Gasteiger partial charge < -0.3 is 5.32 Å². The lowest BCUT2D eigenvalue weighted by atomic mass is 10.1. The van der Waals surface area contributed by atoms with Gasteiger partial charge in [-0.05, 0) is 24.6 Å². The van der Waals surface area contributed by atoms with Crippen molar-refractivity contribution in [2.45, 2.75) is 6.92 Å². The average Bonchev–Trinajstić information content (AvgIpc) is 2.03. The molecule has 0 aliphatic rings. The highest BCUT2D eigenvalue weighted by Gasteiger charge is 2.06. The molecule has 1 aromatic carbocycles. The predicted octanol–water partition coefficient (Wildman–Crippen LogP) is 2.01. The molecule has 2 nitrogen and oxygen atoms in total. The van der Waals surface area contributed by atoms with E-state index in [2.05, 4.69) is 5.32 Å². The molecular weight excluding hydrogens is 174 g/mol. The number of nitrogens with one attached hydrogen (secondary N) is 1. The van der Waals surface area contributed by atoms with Gasteiger partial charge in [0.1, 0.15) is 0 Å². The van der Waals surface area contributed by atoms with Crippen LogP contribution in [0.5, 0.6) is 0 Å². The van der Waals surface area contributed by atoms with E-state index in [9.17, 15) is 4.79 Å². The number of benzene rings is 1. The average molecular weight is 184 g/mol. The van der Waals surface area contributed by atoms with Crippen LogP contribution in [0.2, 0.25) is 5.02 Å². The Morgan fingerprint density at radius 1 is 1.50 bits per heavy atom. The quantitative estimate of drug-likeness (QED) is 0.709. The van der Waals surface area contributed by atoms with Crippen molar-refractivity contribution in [1.82, 2.24) is 5.32 Å². The van der Waals surface area contributed by atoms with E-state index in [1.807, 2.05) is 13.0 Å². The minimum absolute atomic E-state index is 0.153. The standard InChI is InChI=1S/C9H10ClNO/c1-6-3-4-7(8(10)5-6)9(12)11-2/h3-5H,1-2H3,(H,11,12). The Bertz CT molecular complexity index is 309. The topological polar surface area (TPSA) is 29.1 Å². The molecule has 0 atom stereocenters. The number of aryl methyl sites for hydroxylation is 1. The predicted molar refractivity (Wildman–Crippen MR) is 49.6 cm³/mol. The number of amides is 1. The fourth-order valence-electron chi connectivity index (χ4n) is 0.939. The monoisotopic (exact) mass is 183 g/mol. The highest BCUT2D eigenvalue weighted by Crippen LogP contribution is 2.16. The fourth-order valence-corrected chi connectivity index (χ4v) is 1.26. The van der Waals surface area contributed by atoms with E-state index in [0.717, 1.165) is 5.56 Å². The van der Waals surface area contributed by atoms with Crippen molar-refractivity contribution < 1.29 is 4.79 Å². The summed E-state index contributed by atoms with van der Waals surface area (Å²) in [6, 6.07) is 5.35. The number of carbonyl (C=O) groups is 1. The highest BCUT2D eigenvalue weighted by atomic mass is 35.5. The SMILES string of the molecule is CNC(=O)c1ccc(C)cc1Cl. The highest BCUT2D eigenvalue weighted by molar-refractivity contribution is 6.33. The van der Waals surface area contributed by atoms with Crippen molar-refractivity contribution >= 4 is 17.5 Å². The zero-order valence-electron chi connectivity index (χ0n) is 7.02. The van der Waals surface area contributed by atoms with Crippen LogP contribution < -0.4 is 5.32 Å². The third kappa shape index (κ3) is 1.77. The van der Waals surface area contributed by atoms with Crippen molar-refractivity contribution in [3.05, 3.63) is 34.3 Å². The summed E-state index contributed by atoms with van der Waals surface area (Å²) in [7, 11) is 1.58. The second-order valence-corrected chi connectivity index (χ2v) is 2.97. The molecule has 0 aromatic heterocycles. The molecule has 0 saturated heterocycles. The Hall–Kier alpha value is -1.02. The lowest BCUT2D eigenvalue weighted by molar-refractivity contribution is 0.0963. The normalized spacial score (nSPS) is 9.58. The minimum atomic E-state index is -0.153. The molecule has 0 unspecified atom stereocenters. The summed E-state index contributed by atoms with van der Waals surface area (Å²) in [5, 5.41) is 3.01. The molecule has 1 amide bonds. The van der Waals surface area contributed by atoms with Gasteiger partial charge in [0, 0.05) is 7.05 Å². The van der Waals surface area contributed by atoms with E-state index in [1.165, 1.54) is 0 Å². The van der Waals surface area contributed by atoms with Gasteiger partial charge in [-0.15, -0.1) is 0 Å². The van der Waals surface area contributed by atoms with Gasteiger partial charge in [0.15, 0.2) is 0 Å². The maximum atomic E-state index is 11.2. The number of hydrogen-bond donors (Lipinski definition) is 1. The van der Waals surface area contributed by atoms with Crippen LogP contribution in [0.4, 0.5) is 0 Å². The Labute approximate surface area is 76.5 Å². The molecule has 0 aliphatic heterocycles. The Morgan fingerprint density at radius 2 is 2.17 bits per heavy atom. The number of hydrogen-bond acceptors (Lipinski definition) is 1. The molecule has 0 radical (unpaired) electrons. The zero-order chi connectivity index (χ0) is 9.14. The van der Waals surface area contributed by atoms with E-state index in [1.54, 1.807) is 19.2 Å². The summed E-state index contributed by atoms with van der Waals surface area (Å²) in [5.41, 5.74) is 1.57. The van der Waals surface area contributed by atoms with E-state index in [-0.39, 0.29) is 5.91 Å². The maximum Gasteiger partial charge on any atom is 0.252 e. The zero-order valence-corrected chi connectivity index (χ0v) is 7.77.